The minimum atomic E-state index is -0.533. The maximum absolute atomic E-state index is 9.52. The number of nitrogens with zero attached hydrogens (tertiary/aromatic N) is 2. The first kappa shape index (κ1) is 11.9. The van der Waals surface area contributed by atoms with E-state index in [9.17, 15) is 5.11 Å². The molecule has 0 amide bonds. The van der Waals surface area contributed by atoms with Crippen molar-refractivity contribution in [2.45, 2.75) is 26.0 Å². The fourth-order valence-corrected chi connectivity index (χ4v) is 0.972. The highest BCUT2D eigenvalue weighted by Crippen LogP contribution is 2.00. The van der Waals surface area contributed by atoms with Crippen LogP contribution in [0.25, 0.3) is 0 Å². The first-order valence-electron chi connectivity index (χ1n) is 4.98. The summed E-state index contributed by atoms with van der Waals surface area (Å²) in [5, 5.41) is 12.6. The van der Waals surface area contributed by atoms with Crippen LogP contribution in [-0.4, -0.2) is 40.4 Å². The van der Waals surface area contributed by atoms with Gasteiger partial charge >= 0.3 is 0 Å². The Morgan fingerprint density at radius 3 is 2.87 bits per heavy atom. The molecule has 1 atom stereocenters. The van der Waals surface area contributed by atoms with Crippen molar-refractivity contribution in [1.29, 1.82) is 0 Å². The molecule has 0 aliphatic rings. The Bertz CT molecular complexity index is 267. The van der Waals surface area contributed by atoms with E-state index < -0.39 is 6.10 Å². The Labute approximate surface area is 89.5 Å². The van der Waals surface area contributed by atoms with Crippen LogP contribution in [0.4, 0.5) is 0 Å². The third kappa shape index (κ3) is 5.29. The molecule has 1 unspecified atom stereocenters. The van der Waals surface area contributed by atoms with Gasteiger partial charge in [0.15, 0.2) is 0 Å². The molecule has 0 aliphatic carbocycles. The van der Waals surface area contributed by atoms with Gasteiger partial charge in [0.2, 0.25) is 5.88 Å². The average Bonchev–Trinajstić information content (AvgIpc) is 2.25. The van der Waals surface area contributed by atoms with Crippen LogP contribution >= 0.6 is 0 Å². The normalized spacial score (nSPS) is 12.8. The van der Waals surface area contributed by atoms with Gasteiger partial charge in [0.25, 0.3) is 0 Å². The van der Waals surface area contributed by atoms with E-state index in [1.807, 2.05) is 13.8 Å². The molecule has 84 valence electrons. The lowest BCUT2D eigenvalue weighted by Crippen LogP contribution is -2.35. The van der Waals surface area contributed by atoms with Crippen molar-refractivity contribution in [1.82, 2.24) is 15.3 Å². The summed E-state index contributed by atoms with van der Waals surface area (Å²) in [5.41, 5.74) is 0. The van der Waals surface area contributed by atoms with Crippen LogP contribution < -0.4 is 10.1 Å². The molecule has 2 N–H and O–H groups in total. The van der Waals surface area contributed by atoms with E-state index in [1.165, 1.54) is 6.20 Å². The van der Waals surface area contributed by atoms with Crippen LogP contribution in [0.15, 0.2) is 18.6 Å². The molecule has 0 fully saturated rings. The highest BCUT2D eigenvalue weighted by atomic mass is 16.5. The van der Waals surface area contributed by atoms with Gasteiger partial charge in [-0.3, -0.25) is 4.98 Å². The van der Waals surface area contributed by atoms with Crippen molar-refractivity contribution < 1.29 is 9.84 Å². The second-order valence-corrected chi connectivity index (χ2v) is 3.57. The molecule has 0 radical (unpaired) electrons. The summed E-state index contributed by atoms with van der Waals surface area (Å²) in [6, 6.07) is 0.358. The Hall–Kier alpha value is -1.20. The molecule has 5 heteroatoms. The third-order valence-corrected chi connectivity index (χ3v) is 1.72. The number of rotatable bonds is 6. The zero-order chi connectivity index (χ0) is 11.1. The summed E-state index contributed by atoms with van der Waals surface area (Å²) in [4.78, 5) is 7.78. The lowest BCUT2D eigenvalue weighted by molar-refractivity contribution is 0.102. The van der Waals surface area contributed by atoms with Crippen LogP contribution in [0.1, 0.15) is 13.8 Å². The van der Waals surface area contributed by atoms with Gasteiger partial charge in [0.05, 0.1) is 6.20 Å². The van der Waals surface area contributed by atoms with Crippen molar-refractivity contribution in [2.75, 3.05) is 13.2 Å². The van der Waals surface area contributed by atoms with E-state index in [1.54, 1.807) is 12.4 Å². The Kier molecular flexibility index (Phi) is 5.00. The van der Waals surface area contributed by atoms with Crippen LogP contribution in [0.5, 0.6) is 5.88 Å². The zero-order valence-electron chi connectivity index (χ0n) is 9.05. The fourth-order valence-electron chi connectivity index (χ4n) is 0.972. The molecule has 15 heavy (non-hydrogen) atoms. The monoisotopic (exact) mass is 211 g/mol. The molecule has 0 spiro atoms. The summed E-state index contributed by atoms with van der Waals surface area (Å²) in [6.45, 7) is 4.78. The molecular weight excluding hydrogens is 194 g/mol. The summed E-state index contributed by atoms with van der Waals surface area (Å²) >= 11 is 0. The standard InChI is InChI=1S/C10H17N3O2/c1-8(2)13-5-9(14)7-15-10-6-11-3-4-12-10/h3-4,6,8-9,13-14H,5,7H2,1-2H3. The molecular formula is C10H17N3O2. The number of aliphatic hydroxyl groups is 1. The second-order valence-electron chi connectivity index (χ2n) is 3.57. The topological polar surface area (TPSA) is 67.3 Å². The van der Waals surface area contributed by atoms with Crippen molar-refractivity contribution in [3.63, 3.8) is 0 Å². The number of aliphatic hydroxyl groups excluding tert-OH is 1. The maximum atomic E-state index is 9.52. The Balaban J connectivity index is 2.19. The molecule has 1 aromatic rings. The minimum Gasteiger partial charge on any atom is -0.474 e. The van der Waals surface area contributed by atoms with E-state index in [0.29, 0.717) is 18.5 Å². The van der Waals surface area contributed by atoms with Gasteiger partial charge < -0.3 is 15.2 Å². The van der Waals surface area contributed by atoms with E-state index in [2.05, 4.69) is 15.3 Å². The van der Waals surface area contributed by atoms with Crippen LogP contribution in [0, 0.1) is 0 Å². The van der Waals surface area contributed by atoms with Gasteiger partial charge in [0, 0.05) is 25.0 Å². The Morgan fingerprint density at radius 1 is 1.47 bits per heavy atom. The van der Waals surface area contributed by atoms with Gasteiger partial charge in [-0.15, -0.1) is 0 Å². The predicted octanol–water partition coefficient (Wildman–Crippen LogP) is 0.214. The summed E-state index contributed by atoms with van der Waals surface area (Å²) in [7, 11) is 0. The van der Waals surface area contributed by atoms with E-state index in [4.69, 9.17) is 4.74 Å². The SMILES string of the molecule is CC(C)NCC(O)COc1cnccn1. The molecule has 0 aromatic carbocycles. The van der Waals surface area contributed by atoms with Crippen molar-refractivity contribution in [2.24, 2.45) is 0 Å². The van der Waals surface area contributed by atoms with Gasteiger partial charge in [-0.25, -0.2) is 4.98 Å². The fraction of sp³-hybridized carbons (Fsp3) is 0.600. The van der Waals surface area contributed by atoms with Crippen molar-refractivity contribution in [3.8, 4) is 5.88 Å². The van der Waals surface area contributed by atoms with Crippen molar-refractivity contribution in [3.05, 3.63) is 18.6 Å². The highest BCUT2D eigenvalue weighted by molar-refractivity contribution is 5.01. The van der Waals surface area contributed by atoms with Crippen LogP contribution in [-0.2, 0) is 0 Å². The van der Waals surface area contributed by atoms with E-state index in [-0.39, 0.29) is 6.61 Å². The van der Waals surface area contributed by atoms with E-state index >= 15 is 0 Å². The lowest BCUT2D eigenvalue weighted by Gasteiger charge is -2.14. The molecule has 5 nitrogen and oxygen atoms in total. The largest absolute Gasteiger partial charge is 0.474 e. The molecule has 0 bridgehead atoms. The molecule has 1 aromatic heterocycles. The quantitative estimate of drug-likeness (QED) is 0.704. The number of hydrogen-bond donors (Lipinski definition) is 2. The Morgan fingerprint density at radius 2 is 2.27 bits per heavy atom. The van der Waals surface area contributed by atoms with E-state index in [0.717, 1.165) is 0 Å². The summed E-state index contributed by atoms with van der Waals surface area (Å²) in [6.07, 6.45) is 4.11. The molecule has 0 saturated carbocycles. The summed E-state index contributed by atoms with van der Waals surface area (Å²) < 4.78 is 5.24. The minimum absolute atomic E-state index is 0.221. The lowest BCUT2D eigenvalue weighted by atomic mass is 10.3. The molecule has 1 rings (SSSR count). The summed E-state index contributed by atoms with van der Waals surface area (Å²) in [5.74, 6) is 0.432. The number of ether oxygens (including phenoxy) is 1. The number of nitrogens with one attached hydrogen (secondary N) is 1. The second kappa shape index (κ2) is 6.31. The number of hydrogen-bond acceptors (Lipinski definition) is 5. The van der Waals surface area contributed by atoms with Gasteiger partial charge in [0.1, 0.15) is 12.7 Å². The first-order chi connectivity index (χ1) is 7.18. The third-order valence-electron chi connectivity index (χ3n) is 1.72. The van der Waals surface area contributed by atoms with Gasteiger partial charge in [-0.1, -0.05) is 13.8 Å². The highest BCUT2D eigenvalue weighted by Gasteiger charge is 2.05. The predicted molar refractivity (Wildman–Crippen MR) is 56.7 cm³/mol. The molecule has 0 aliphatic heterocycles. The zero-order valence-corrected chi connectivity index (χ0v) is 9.05. The average molecular weight is 211 g/mol. The molecule has 1 heterocycles. The molecule has 0 saturated heterocycles. The van der Waals surface area contributed by atoms with Crippen molar-refractivity contribution >= 4 is 0 Å². The first-order valence-corrected chi connectivity index (χ1v) is 4.98. The number of aromatic nitrogens is 2. The van der Waals surface area contributed by atoms with Crippen LogP contribution in [0.2, 0.25) is 0 Å². The smallest absolute Gasteiger partial charge is 0.232 e. The van der Waals surface area contributed by atoms with Crippen LogP contribution in [0.3, 0.4) is 0 Å². The van der Waals surface area contributed by atoms with Gasteiger partial charge in [-0.05, 0) is 0 Å². The van der Waals surface area contributed by atoms with Gasteiger partial charge in [-0.2, -0.15) is 0 Å². The maximum Gasteiger partial charge on any atom is 0.232 e.